The predicted molar refractivity (Wildman–Crippen MR) is 121 cm³/mol. The minimum absolute atomic E-state index is 0.0844. The van der Waals surface area contributed by atoms with Crippen molar-refractivity contribution in [2.24, 2.45) is 0 Å². The maximum absolute atomic E-state index is 14.5. The van der Waals surface area contributed by atoms with Gasteiger partial charge in [-0.25, -0.2) is 14.2 Å². The molecular weight excluding hydrogens is 449 g/mol. The largest absolute Gasteiger partial charge is 0.490 e. The van der Waals surface area contributed by atoms with Crippen molar-refractivity contribution in [2.75, 3.05) is 20.0 Å². The molecular formula is C24H24FNO6S. The number of benzene rings is 2. The number of carbonyl (C=O) groups is 1. The Kier molecular flexibility index (Phi) is 7.10. The number of nitrogens with zero attached hydrogens (tertiary/aromatic N) is 1. The summed E-state index contributed by atoms with van der Waals surface area (Å²) in [4.78, 5) is 17.0. The molecule has 1 N–H and O–H groups in total. The second kappa shape index (κ2) is 10.2. The van der Waals surface area contributed by atoms with E-state index in [4.69, 9.17) is 23.9 Å². The van der Waals surface area contributed by atoms with Gasteiger partial charge in [-0.1, -0.05) is 6.07 Å². The van der Waals surface area contributed by atoms with Crippen molar-refractivity contribution in [1.29, 1.82) is 0 Å². The summed E-state index contributed by atoms with van der Waals surface area (Å²) in [5.41, 5.74) is 2.38. The molecule has 1 aliphatic rings. The van der Waals surface area contributed by atoms with Gasteiger partial charge in [0.25, 0.3) is 0 Å². The highest BCUT2D eigenvalue weighted by atomic mass is 32.1. The van der Waals surface area contributed by atoms with Crippen molar-refractivity contribution in [3.05, 3.63) is 58.3 Å². The molecule has 1 aromatic heterocycles. The third-order valence-corrected chi connectivity index (χ3v) is 6.23. The number of aliphatic carboxylic acids is 1. The Balaban J connectivity index is 1.36. The number of halogens is 1. The minimum Gasteiger partial charge on any atom is -0.490 e. The summed E-state index contributed by atoms with van der Waals surface area (Å²) in [6, 6.07) is 10.2. The molecule has 3 aromatic rings. The second-order valence-corrected chi connectivity index (χ2v) is 8.64. The predicted octanol–water partition coefficient (Wildman–Crippen LogP) is 4.64. The van der Waals surface area contributed by atoms with Crippen LogP contribution in [0.2, 0.25) is 0 Å². The van der Waals surface area contributed by atoms with E-state index >= 15 is 0 Å². The molecule has 9 heteroatoms. The molecule has 2 heterocycles. The molecule has 2 aromatic carbocycles. The maximum atomic E-state index is 14.5. The number of fused-ring (bicyclic) bond motifs is 1. The highest BCUT2D eigenvalue weighted by molar-refractivity contribution is 7.15. The molecule has 0 saturated carbocycles. The van der Waals surface area contributed by atoms with E-state index in [9.17, 15) is 14.3 Å². The van der Waals surface area contributed by atoms with E-state index in [1.165, 1.54) is 12.1 Å². The van der Waals surface area contributed by atoms with Gasteiger partial charge in [0.2, 0.25) is 6.79 Å². The number of aryl methyl sites for hydroxylation is 1. The van der Waals surface area contributed by atoms with Crippen molar-refractivity contribution in [3.63, 3.8) is 0 Å². The number of ether oxygens (including phenoxy) is 4. The monoisotopic (exact) mass is 473 g/mol. The highest BCUT2D eigenvalue weighted by Crippen LogP contribution is 2.37. The number of carboxylic acid groups (broad SMARTS) is 1. The van der Waals surface area contributed by atoms with E-state index in [-0.39, 0.29) is 32.2 Å². The van der Waals surface area contributed by atoms with Crippen LogP contribution < -0.4 is 14.2 Å². The lowest BCUT2D eigenvalue weighted by atomic mass is 10.1. The third-order valence-electron chi connectivity index (χ3n) is 5.17. The van der Waals surface area contributed by atoms with Gasteiger partial charge >= 0.3 is 5.97 Å². The Morgan fingerprint density at radius 3 is 2.82 bits per heavy atom. The van der Waals surface area contributed by atoms with Crippen LogP contribution in [0.1, 0.15) is 23.1 Å². The smallest absolute Gasteiger partial charge is 0.333 e. The Morgan fingerprint density at radius 1 is 1.24 bits per heavy atom. The molecule has 1 unspecified atom stereocenters. The van der Waals surface area contributed by atoms with E-state index in [0.717, 1.165) is 26.9 Å². The average Bonchev–Trinajstić information content (AvgIpc) is 3.40. The second-order valence-electron chi connectivity index (χ2n) is 7.44. The van der Waals surface area contributed by atoms with Crippen molar-refractivity contribution in [3.8, 4) is 27.8 Å². The van der Waals surface area contributed by atoms with E-state index in [1.54, 1.807) is 24.3 Å². The first-order chi connectivity index (χ1) is 15.9. The number of aromatic nitrogens is 1. The summed E-state index contributed by atoms with van der Waals surface area (Å²) in [6.45, 7) is 4.47. The van der Waals surface area contributed by atoms with E-state index in [2.05, 4.69) is 0 Å². The van der Waals surface area contributed by atoms with Crippen LogP contribution in [0.25, 0.3) is 10.6 Å². The van der Waals surface area contributed by atoms with Gasteiger partial charge in [0.15, 0.2) is 29.2 Å². The van der Waals surface area contributed by atoms with Crippen LogP contribution in [0, 0.1) is 12.7 Å². The zero-order valence-electron chi connectivity index (χ0n) is 18.3. The molecule has 174 valence electrons. The van der Waals surface area contributed by atoms with Crippen LogP contribution >= 0.6 is 11.3 Å². The van der Waals surface area contributed by atoms with Crippen LogP contribution in [0.4, 0.5) is 4.39 Å². The molecule has 7 nitrogen and oxygen atoms in total. The van der Waals surface area contributed by atoms with Crippen molar-refractivity contribution < 1.29 is 33.2 Å². The van der Waals surface area contributed by atoms with E-state index in [1.807, 2.05) is 25.1 Å². The number of hydrogen-bond donors (Lipinski definition) is 1. The first-order valence-electron chi connectivity index (χ1n) is 10.6. The van der Waals surface area contributed by atoms with Gasteiger partial charge < -0.3 is 24.1 Å². The van der Waals surface area contributed by atoms with Crippen molar-refractivity contribution in [1.82, 2.24) is 4.98 Å². The summed E-state index contributed by atoms with van der Waals surface area (Å²) in [5, 5.41) is 10.1. The maximum Gasteiger partial charge on any atom is 0.333 e. The lowest BCUT2D eigenvalue weighted by molar-refractivity contribution is -0.149. The standard InChI is InChI=1S/C24H24FNO6S/c1-3-29-22(24(27)28)11-15-4-6-19(17(25)10-15)30-9-8-18-14(2)33-23(26-18)16-5-7-20-21(12-16)32-13-31-20/h4-7,10,12,22H,3,8-9,11,13H2,1-2H3,(H,27,28). The van der Waals surface area contributed by atoms with E-state index in [0.29, 0.717) is 17.7 Å². The van der Waals surface area contributed by atoms with Gasteiger partial charge in [-0.15, -0.1) is 11.3 Å². The fourth-order valence-corrected chi connectivity index (χ4v) is 4.45. The molecule has 0 fully saturated rings. The van der Waals surface area contributed by atoms with E-state index < -0.39 is 17.9 Å². The fraction of sp³-hybridized carbons (Fsp3) is 0.333. The lowest BCUT2D eigenvalue weighted by Crippen LogP contribution is -2.26. The summed E-state index contributed by atoms with van der Waals surface area (Å²) < 4.78 is 36.1. The van der Waals surface area contributed by atoms with Crippen molar-refractivity contribution in [2.45, 2.75) is 32.8 Å². The summed E-state index contributed by atoms with van der Waals surface area (Å²) in [6.07, 6.45) is -0.395. The zero-order chi connectivity index (χ0) is 23.4. The highest BCUT2D eigenvalue weighted by Gasteiger charge is 2.19. The Hall–Kier alpha value is -3.17. The molecule has 1 atom stereocenters. The molecule has 0 aliphatic carbocycles. The lowest BCUT2D eigenvalue weighted by Gasteiger charge is -2.13. The molecule has 0 radical (unpaired) electrons. The Labute approximate surface area is 194 Å². The summed E-state index contributed by atoms with van der Waals surface area (Å²) in [7, 11) is 0. The molecule has 0 saturated heterocycles. The average molecular weight is 474 g/mol. The van der Waals surface area contributed by atoms with Crippen LogP contribution in [-0.4, -0.2) is 42.2 Å². The van der Waals surface area contributed by atoms with Gasteiger partial charge in [0, 0.05) is 29.9 Å². The number of carboxylic acids is 1. The number of hydrogen-bond acceptors (Lipinski definition) is 7. The zero-order valence-corrected chi connectivity index (χ0v) is 19.1. The van der Waals surface area contributed by atoms with Crippen LogP contribution in [-0.2, 0) is 22.4 Å². The van der Waals surface area contributed by atoms with Crippen LogP contribution in [0.15, 0.2) is 36.4 Å². The number of rotatable bonds is 10. The SMILES string of the molecule is CCOC(Cc1ccc(OCCc2nc(-c3ccc4c(c3)OCO4)sc2C)c(F)c1)C(=O)O. The Morgan fingerprint density at radius 2 is 2.06 bits per heavy atom. The fourth-order valence-electron chi connectivity index (χ4n) is 3.49. The summed E-state index contributed by atoms with van der Waals surface area (Å²) in [5.74, 6) is -0.0587. The molecule has 33 heavy (non-hydrogen) atoms. The third kappa shape index (κ3) is 5.43. The summed E-state index contributed by atoms with van der Waals surface area (Å²) >= 11 is 1.58. The van der Waals surface area contributed by atoms with Gasteiger partial charge in [0.1, 0.15) is 5.01 Å². The first kappa shape index (κ1) is 23.0. The number of thiazole rings is 1. The van der Waals surface area contributed by atoms with Gasteiger partial charge in [-0.3, -0.25) is 0 Å². The van der Waals surface area contributed by atoms with Gasteiger partial charge in [0.05, 0.1) is 12.3 Å². The topological polar surface area (TPSA) is 87.1 Å². The molecule has 4 rings (SSSR count). The molecule has 1 aliphatic heterocycles. The quantitative estimate of drug-likeness (QED) is 0.459. The van der Waals surface area contributed by atoms with Gasteiger partial charge in [-0.2, -0.15) is 0 Å². The van der Waals surface area contributed by atoms with Crippen LogP contribution in [0.5, 0.6) is 17.2 Å². The van der Waals surface area contributed by atoms with Crippen LogP contribution in [0.3, 0.4) is 0 Å². The molecule has 0 bridgehead atoms. The normalized spacial score (nSPS) is 13.2. The minimum atomic E-state index is -1.07. The molecule has 0 amide bonds. The first-order valence-corrected chi connectivity index (χ1v) is 11.4. The molecule has 0 spiro atoms. The van der Waals surface area contributed by atoms with Gasteiger partial charge in [-0.05, 0) is 49.7 Å². The Bertz CT molecular complexity index is 1150. The van der Waals surface area contributed by atoms with Crippen molar-refractivity contribution >= 4 is 17.3 Å².